The van der Waals surface area contributed by atoms with Gasteiger partial charge < -0.3 is 0 Å². The third kappa shape index (κ3) is 6.25. The minimum absolute atomic E-state index is 0.0780. The lowest BCUT2D eigenvalue weighted by molar-refractivity contribution is -0.120. The van der Waals surface area contributed by atoms with Crippen LogP contribution < -0.4 is 5.09 Å². The number of aryl methyl sites for hydroxylation is 1. The van der Waals surface area contributed by atoms with Crippen molar-refractivity contribution in [3.05, 3.63) is 71.8 Å². The van der Waals surface area contributed by atoms with E-state index in [9.17, 15) is 4.79 Å². The van der Waals surface area contributed by atoms with Gasteiger partial charge in [-0.25, -0.2) is 0 Å². The van der Waals surface area contributed by atoms with E-state index in [4.69, 9.17) is 0 Å². The molecule has 122 valence electrons. The summed E-state index contributed by atoms with van der Waals surface area (Å²) in [6.07, 6.45) is 2.44. The quantitative estimate of drug-likeness (QED) is 0.720. The molecule has 0 spiro atoms. The summed E-state index contributed by atoms with van der Waals surface area (Å²) in [4.78, 5) is 12.4. The minimum atomic E-state index is -1.34. The van der Waals surface area contributed by atoms with Crippen molar-refractivity contribution in [1.82, 2.24) is 5.09 Å². The molecular formula is C20H27NOP+. The number of nitrogens with one attached hydrogen (secondary N) is 1. The molecule has 1 unspecified atom stereocenters. The second-order valence-corrected chi connectivity index (χ2v) is 10.6. The largest absolute Gasteiger partial charge is 0.298 e. The summed E-state index contributed by atoms with van der Waals surface area (Å²) in [7, 11) is -1.34. The highest BCUT2D eigenvalue weighted by molar-refractivity contribution is 7.71. The normalized spacial score (nSPS) is 12.8. The first-order chi connectivity index (χ1) is 11.0. The van der Waals surface area contributed by atoms with Gasteiger partial charge in [-0.05, 0) is 24.5 Å². The van der Waals surface area contributed by atoms with Crippen molar-refractivity contribution in [2.75, 3.05) is 13.3 Å². The summed E-state index contributed by atoms with van der Waals surface area (Å²) in [6, 6.07) is 20.6. The zero-order chi connectivity index (χ0) is 16.7. The molecule has 0 radical (unpaired) electrons. The minimum Gasteiger partial charge on any atom is -0.298 e. The molecule has 2 aromatic carbocycles. The van der Waals surface area contributed by atoms with E-state index >= 15 is 0 Å². The first kappa shape index (κ1) is 17.8. The fourth-order valence-corrected chi connectivity index (χ4v) is 5.22. The van der Waals surface area contributed by atoms with Gasteiger partial charge in [-0.15, -0.1) is 0 Å². The van der Waals surface area contributed by atoms with E-state index < -0.39 is 7.41 Å². The summed E-state index contributed by atoms with van der Waals surface area (Å²) < 4.78 is 0. The summed E-state index contributed by atoms with van der Waals surface area (Å²) in [6.45, 7) is 6.53. The van der Waals surface area contributed by atoms with Gasteiger partial charge in [0.05, 0.1) is 32.9 Å². The van der Waals surface area contributed by atoms with E-state index in [0.29, 0.717) is 12.2 Å². The number of benzene rings is 2. The third-order valence-corrected chi connectivity index (χ3v) is 6.19. The number of ketones is 1. The van der Waals surface area contributed by atoms with Crippen molar-refractivity contribution >= 4 is 13.2 Å². The summed E-state index contributed by atoms with van der Waals surface area (Å²) in [5.41, 5.74) is 2.56. The van der Waals surface area contributed by atoms with Gasteiger partial charge in [-0.1, -0.05) is 60.7 Å². The number of hydrogen-bond donors (Lipinski definition) is 1. The van der Waals surface area contributed by atoms with Gasteiger partial charge in [0.2, 0.25) is 0 Å². The van der Waals surface area contributed by atoms with Gasteiger partial charge in [-0.2, -0.15) is 5.09 Å². The highest BCUT2D eigenvalue weighted by Crippen LogP contribution is 2.50. The third-order valence-electron chi connectivity index (χ3n) is 3.95. The van der Waals surface area contributed by atoms with Crippen molar-refractivity contribution in [2.45, 2.75) is 32.0 Å². The number of rotatable bonds is 8. The molecule has 0 saturated heterocycles. The van der Waals surface area contributed by atoms with Gasteiger partial charge in [0, 0.05) is 6.42 Å². The zero-order valence-electron chi connectivity index (χ0n) is 14.3. The number of carbonyl (C=O) groups is 1. The van der Waals surface area contributed by atoms with Crippen LogP contribution in [-0.4, -0.2) is 25.2 Å². The van der Waals surface area contributed by atoms with E-state index in [1.165, 1.54) is 11.1 Å². The maximum atomic E-state index is 12.4. The van der Waals surface area contributed by atoms with E-state index in [1.807, 2.05) is 31.2 Å². The van der Waals surface area contributed by atoms with Crippen LogP contribution in [0.4, 0.5) is 0 Å². The van der Waals surface area contributed by atoms with Gasteiger partial charge in [0.25, 0.3) is 0 Å². The molecule has 0 fully saturated rings. The molecule has 0 bridgehead atoms. The SMILES string of the molecule is CC(N[P+](C)(C)Cc1ccccc1)C(=O)CCc1ccccc1. The molecule has 0 heterocycles. The molecular weight excluding hydrogens is 301 g/mol. The highest BCUT2D eigenvalue weighted by Gasteiger charge is 2.30. The van der Waals surface area contributed by atoms with Crippen LogP contribution >= 0.6 is 7.41 Å². The van der Waals surface area contributed by atoms with Crippen LogP contribution in [0.1, 0.15) is 24.5 Å². The van der Waals surface area contributed by atoms with E-state index in [2.05, 4.69) is 54.8 Å². The zero-order valence-corrected chi connectivity index (χ0v) is 15.2. The fourth-order valence-electron chi connectivity index (χ4n) is 2.81. The molecule has 2 aromatic rings. The van der Waals surface area contributed by atoms with Crippen molar-refractivity contribution in [1.29, 1.82) is 0 Å². The molecule has 0 amide bonds. The van der Waals surface area contributed by atoms with Crippen LogP contribution in [-0.2, 0) is 17.4 Å². The lowest BCUT2D eigenvalue weighted by Crippen LogP contribution is -2.34. The van der Waals surface area contributed by atoms with Crippen molar-refractivity contribution in [3.8, 4) is 0 Å². The standard InChI is InChI=1S/C20H27NOP/c1-17(20(22)15-14-18-10-6-4-7-11-18)21-23(2,3)16-19-12-8-5-9-13-19/h4-13,17,21H,14-16H2,1-3H3/q+1. The smallest absolute Gasteiger partial charge is 0.153 e. The Morgan fingerprint density at radius 2 is 1.48 bits per heavy atom. The molecule has 0 aliphatic rings. The van der Waals surface area contributed by atoms with Crippen LogP contribution in [0.3, 0.4) is 0 Å². The van der Waals surface area contributed by atoms with Crippen LogP contribution in [0.25, 0.3) is 0 Å². The van der Waals surface area contributed by atoms with Gasteiger partial charge in [0.15, 0.2) is 5.78 Å². The Balaban J connectivity index is 1.84. The van der Waals surface area contributed by atoms with Gasteiger partial charge in [-0.3, -0.25) is 4.79 Å². The second-order valence-electron chi connectivity index (χ2n) is 6.63. The van der Waals surface area contributed by atoms with E-state index in [0.717, 1.165) is 12.6 Å². The highest BCUT2D eigenvalue weighted by atomic mass is 31.2. The number of Topliss-reactive ketones (excluding diaryl/α,β-unsaturated/α-hetero) is 1. The average Bonchev–Trinajstić information content (AvgIpc) is 2.53. The van der Waals surface area contributed by atoms with Crippen LogP contribution in [0.15, 0.2) is 60.7 Å². The predicted molar refractivity (Wildman–Crippen MR) is 101 cm³/mol. The maximum absolute atomic E-state index is 12.4. The molecule has 0 saturated carbocycles. The number of hydrogen-bond acceptors (Lipinski definition) is 2. The van der Waals surface area contributed by atoms with E-state index in [-0.39, 0.29) is 6.04 Å². The van der Waals surface area contributed by atoms with E-state index in [1.54, 1.807) is 0 Å². The van der Waals surface area contributed by atoms with Gasteiger partial charge >= 0.3 is 0 Å². The van der Waals surface area contributed by atoms with Crippen molar-refractivity contribution in [3.63, 3.8) is 0 Å². The van der Waals surface area contributed by atoms with Crippen LogP contribution in [0.2, 0.25) is 0 Å². The summed E-state index contributed by atoms with van der Waals surface area (Å²) >= 11 is 0. The molecule has 3 heteroatoms. The molecule has 1 atom stereocenters. The molecule has 1 N–H and O–H groups in total. The Kier molecular flexibility index (Phi) is 6.50. The maximum Gasteiger partial charge on any atom is 0.153 e. The molecule has 2 nitrogen and oxygen atoms in total. The first-order valence-electron chi connectivity index (χ1n) is 8.18. The first-order valence-corrected chi connectivity index (χ1v) is 11.0. The Bertz CT molecular complexity index is 610. The summed E-state index contributed by atoms with van der Waals surface area (Å²) in [5, 5.41) is 3.60. The molecule has 2 rings (SSSR count). The monoisotopic (exact) mass is 328 g/mol. The Labute approximate surface area is 140 Å². The number of carbonyl (C=O) groups excluding carboxylic acids is 1. The van der Waals surface area contributed by atoms with Crippen LogP contribution in [0.5, 0.6) is 0 Å². The molecule has 0 aliphatic heterocycles. The second kappa shape index (κ2) is 8.38. The predicted octanol–water partition coefficient (Wildman–Crippen LogP) is 4.56. The average molecular weight is 328 g/mol. The lowest BCUT2D eigenvalue weighted by atomic mass is 10.1. The van der Waals surface area contributed by atoms with Crippen molar-refractivity contribution in [2.24, 2.45) is 0 Å². The lowest BCUT2D eigenvalue weighted by Gasteiger charge is -2.23. The Morgan fingerprint density at radius 3 is 2.04 bits per heavy atom. The molecule has 0 aliphatic carbocycles. The fraction of sp³-hybridized carbons (Fsp3) is 0.350. The molecule has 23 heavy (non-hydrogen) atoms. The van der Waals surface area contributed by atoms with Crippen molar-refractivity contribution < 1.29 is 4.79 Å². The molecule has 0 aromatic heterocycles. The summed E-state index contributed by atoms with van der Waals surface area (Å²) in [5.74, 6) is 0.301. The Morgan fingerprint density at radius 1 is 0.957 bits per heavy atom. The topological polar surface area (TPSA) is 29.1 Å². The Hall–Kier alpha value is -1.50. The van der Waals surface area contributed by atoms with Crippen LogP contribution in [0, 0.1) is 0 Å². The van der Waals surface area contributed by atoms with Gasteiger partial charge in [0.1, 0.15) is 0 Å².